The Hall–Kier alpha value is -2.64. The van der Waals surface area contributed by atoms with E-state index in [4.69, 9.17) is 4.74 Å². The van der Waals surface area contributed by atoms with Crippen molar-refractivity contribution in [3.8, 4) is 0 Å². The van der Waals surface area contributed by atoms with E-state index in [9.17, 15) is 19.7 Å². The maximum absolute atomic E-state index is 12.5. The average Bonchev–Trinajstić information content (AvgIpc) is 2.54. The third-order valence-electron chi connectivity index (χ3n) is 3.75. The van der Waals surface area contributed by atoms with Crippen molar-refractivity contribution in [2.45, 2.75) is 13.8 Å². The molecule has 1 aromatic rings. The zero-order chi connectivity index (χ0) is 17.0. The Morgan fingerprint density at radius 2 is 1.83 bits per heavy atom. The summed E-state index contributed by atoms with van der Waals surface area (Å²) in [6.07, 6.45) is -0.384. The van der Waals surface area contributed by atoms with E-state index in [0.717, 1.165) is 0 Å². The van der Waals surface area contributed by atoms with E-state index in [-0.39, 0.29) is 23.3 Å². The highest BCUT2D eigenvalue weighted by atomic mass is 16.6. The minimum atomic E-state index is -0.495. The largest absolute Gasteiger partial charge is 0.450 e. The number of hydrogen-bond donors (Lipinski definition) is 0. The number of carbonyl (C=O) groups excluding carboxylic acids is 2. The number of rotatable bonds is 3. The second-order valence-corrected chi connectivity index (χ2v) is 5.24. The molecule has 1 aromatic carbocycles. The Bertz CT molecular complexity index is 624. The van der Waals surface area contributed by atoms with E-state index in [1.54, 1.807) is 35.8 Å². The van der Waals surface area contributed by atoms with Crippen LogP contribution in [0.15, 0.2) is 18.2 Å². The number of nitro benzene ring substituents is 1. The van der Waals surface area contributed by atoms with Crippen LogP contribution in [-0.4, -0.2) is 59.5 Å². The highest BCUT2D eigenvalue weighted by molar-refractivity contribution is 5.95. The smallest absolute Gasteiger partial charge is 0.409 e. The van der Waals surface area contributed by atoms with E-state index >= 15 is 0 Å². The van der Waals surface area contributed by atoms with E-state index in [0.29, 0.717) is 38.3 Å². The summed E-state index contributed by atoms with van der Waals surface area (Å²) in [5.41, 5.74) is 0.728. The van der Waals surface area contributed by atoms with Crippen molar-refractivity contribution in [2.75, 3.05) is 32.8 Å². The minimum Gasteiger partial charge on any atom is -0.450 e. The first-order valence-corrected chi connectivity index (χ1v) is 7.40. The molecule has 1 fully saturated rings. The number of nitro groups is 1. The maximum Gasteiger partial charge on any atom is 0.409 e. The molecular formula is C15H19N3O5. The predicted octanol–water partition coefficient (Wildman–Crippen LogP) is 1.82. The average molecular weight is 321 g/mol. The van der Waals surface area contributed by atoms with Gasteiger partial charge in [-0.15, -0.1) is 0 Å². The van der Waals surface area contributed by atoms with Crippen molar-refractivity contribution in [3.05, 3.63) is 39.4 Å². The molecule has 0 spiro atoms. The number of amides is 2. The van der Waals surface area contributed by atoms with Gasteiger partial charge in [0.1, 0.15) is 0 Å². The zero-order valence-corrected chi connectivity index (χ0v) is 13.2. The van der Waals surface area contributed by atoms with Crippen LogP contribution in [0.25, 0.3) is 0 Å². The zero-order valence-electron chi connectivity index (χ0n) is 13.2. The summed E-state index contributed by atoms with van der Waals surface area (Å²) >= 11 is 0. The molecule has 0 N–H and O–H groups in total. The molecule has 1 aliphatic heterocycles. The maximum atomic E-state index is 12.5. The van der Waals surface area contributed by atoms with Crippen molar-refractivity contribution in [1.29, 1.82) is 0 Å². The first kappa shape index (κ1) is 16.7. The number of benzene rings is 1. The van der Waals surface area contributed by atoms with Gasteiger partial charge < -0.3 is 14.5 Å². The molecule has 0 atom stereocenters. The van der Waals surface area contributed by atoms with Gasteiger partial charge in [-0.05, 0) is 19.9 Å². The van der Waals surface area contributed by atoms with Crippen LogP contribution in [0.2, 0.25) is 0 Å². The number of hydrogen-bond acceptors (Lipinski definition) is 5. The van der Waals surface area contributed by atoms with Gasteiger partial charge >= 0.3 is 6.09 Å². The Morgan fingerprint density at radius 1 is 1.22 bits per heavy atom. The normalized spacial score (nSPS) is 14.5. The molecule has 0 unspecified atom stereocenters. The van der Waals surface area contributed by atoms with Gasteiger partial charge in [-0.3, -0.25) is 14.9 Å². The van der Waals surface area contributed by atoms with Crippen molar-refractivity contribution in [3.63, 3.8) is 0 Å². The Labute approximate surface area is 133 Å². The van der Waals surface area contributed by atoms with Crippen molar-refractivity contribution in [1.82, 2.24) is 9.80 Å². The summed E-state index contributed by atoms with van der Waals surface area (Å²) in [7, 11) is 0. The van der Waals surface area contributed by atoms with Crippen LogP contribution in [0.5, 0.6) is 0 Å². The fourth-order valence-corrected chi connectivity index (χ4v) is 2.43. The SMILES string of the molecule is CCOC(=O)N1CCN(C(=O)c2ccc(C)c([N+](=O)[O-])c2)CC1. The molecule has 0 saturated carbocycles. The molecule has 0 bridgehead atoms. The van der Waals surface area contributed by atoms with Crippen LogP contribution in [0.4, 0.5) is 10.5 Å². The number of ether oxygens (including phenoxy) is 1. The second-order valence-electron chi connectivity index (χ2n) is 5.24. The summed E-state index contributed by atoms with van der Waals surface area (Å²) in [6, 6.07) is 4.46. The first-order valence-electron chi connectivity index (χ1n) is 7.40. The van der Waals surface area contributed by atoms with Crippen LogP contribution >= 0.6 is 0 Å². The molecule has 0 aliphatic carbocycles. The first-order chi connectivity index (χ1) is 10.9. The minimum absolute atomic E-state index is 0.0685. The fourth-order valence-electron chi connectivity index (χ4n) is 2.43. The number of aryl methyl sites for hydroxylation is 1. The summed E-state index contributed by atoms with van der Waals surface area (Å²) in [5, 5.41) is 11.0. The summed E-state index contributed by atoms with van der Waals surface area (Å²) in [4.78, 5) is 37.7. The topological polar surface area (TPSA) is 93.0 Å². The molecule has 23 heavy (non-hydrogen) atoms. The Morgan fingerprint density at radius 3 is 2.39 bits per heavy atom. The molecule has 2 rings (SSSR count). The van der Waals surface area contributed by atoms with Crippen molar-refractivity contribution in [2.24, 2.45) is 0 Å². The molecule has 2 amide bonds. The number of piperazine rings is 1. The summed E-state index contributed by atoms with van der Waals surface area (Å²) in [6.45, 7) is 5.20. The van der Waals surface area contributed by atoms with Crippen LogP contribution in [-0.2, 0) is 4.74 Å². The molecule has 124 valence electrons. The molecular weight excluding hydrogens is 302 g/mol. The van der Waals surface area contributed by atoms with Crippen LogP contribution < -0.4 is 0 Å². The highest BCUT2D eigenvalue weighted by Crippen LogP contribution is 2.20. The van der Waals surface area contributed by atoms with Crippen LogP contribution in [0.3, 0.4) is 0 Å². The van der Waals surface area contributed by atoms with Gasteiger partial charge in [0.05, 0.1) is 11.5 Å². The third-order valence-corrected chi connectivity index (χ3v) is 3.75. The number of carbonyl (C=O) groups is 2. The monoisotopic (exact) mass is 321 g/mol. The highest BCUT2D eigenvalue weighted by Gasteiger charge is 2.26. The van der Waals surface area contributed by atoms with E-state index in [1.807, 2.05) is 0 Å². The second kappa shape index (κ2) is 7.08. The molecule has 8 heteroatoms. The molecule has 0 aromatic heterocycles. The van der Waals surface area contributed by atoms with E-state index < -0.39 is 4.92 Å². The summed E-state index contributed by atoms with van der Waals surface area (Å²) in [5.74, 6) is -0.267. The Kier molecular flexibility index (Phi) is 5.15. The fraction of sp³-hybridized carbons (Fsp3) is 0.467. The van der Waals surface area contributed by atoms with Crippen molar-refractivity contribution < 1.29 is 19.2 Å². The van der Waals surface area contributed by atoms with Gasteiger partial charge in [0.2, 0.25) is 0 Å². The van der Waals surface area contributed by atoms with Gasteiger partial charge in [0.25, 0.3) is 11.6 Å². The standard InChI is InChI=1S/C15H19N3O5/c1-3-23-15(20)17-8-6-16(7-9-17)14(19)12-5-4-11(2)13(10-12)18(21)22/h4-5,10H,3,6-9H2,1-2H3. The quantitative estimate of drug-likeness (QED) is 0.625. The predicted molar refractivity (Wildman–Crippen MR) is 82.3 cm³/mol. The van der Waals surface area contributed by atoms with Gasteiger partial charge in [0, 0.05) is 43.4 Å². The van der Waals surface area contributed by atoms with Gasteiger partial charge in [-0.2, -0.15) is 0 Å². The van der Waals surface area contributed by atoms with E-state index in [2.05, 4.69) is 0 Å². The molecule has 8 nitrogen and oxygen atoms in total. The lowest BCUT2D eigenvalue weighted by atomic mass is 10.1. The molecule has 1 saturated heterocycles. The van der Waals surface area contributed by atoms with Gasteiger partial charge in [-0.1, -0.05) is 6.07 Å². The van der Waals surface area contributed by atoms with Crippen LogP contribution in [0, 0.1) is 17.0 Å². The van der Waals surface area contributed by atoms with Crippen molar-refractivity contribution >= 4 is 17.7 Å². The Balaban J connectivity index is 2.04. The lowest BCUT2D eigenvalue weighted by molar-refractivity contribution is -0.385. The third kappa shape index (κ3) is 3.77. The molecule has 1 aliphatic rings. The van der Waals surface area contributed by atoms with Gasteiger partial charge in [0.15, 0.2) is 0 Å². The lowest BCUT2D eigenvalue weighted by Gasteiger charge is -2.34. The summed E-state index contributed by atoms with van der Waals surface area (Å²) < 4.78 is 4.93. The lowest BCUT2D eigenvalue weighted by Crippen LogP contribution is -2.50. The molecule has 1 heterocycles. The van der Waals surface area contributed by atoms with E-state index in [1.165, 1.54) is 6.07 Å². The number of nitrogens with zero attached hydrogens (tertiary/aromatic N) is 3. The van der Waals surface area contributed by atoms with Crippen LogP contribution in [0.1, 0.15) is 22.8 Å². The molecule has 0 radical (unpaired) electrons. The van der Waals surface area contributed by atoms with Gasteiger partial charge in [-0.25, -0.2) is 4.79 Å².